The summed E-state index contributed by atoms with van der Waals surface area (Å²) in [5.74, 6) is 0.451. The molecule has 0 amide bonds. The van der Waals surface area contributed by atoms with Gasteiger partial charge in [0.25, 0.3) is 0 Å². The number of rotatable bonds is 4. The number of ether oxygens (including phenoxy) is 1. The standard InChI is InChI=1S/C16H22FNO/c1-19-16-4-2-3-15(16)18-14-9-12(10-14)11-5-7-13(17)8-6-11/h5-8,12,14-16,18H,2-4,9-10H2,1H3. The zero-order chi connectivity index (χ0) is 13.2. The third-order valence-corrected chi connectivity index (χ3v) is 4.68. The van der Waals surface area contributed by atoms with Crippen LogP contribution in [0.4, 0.5) is 4.39 Å². The normalized spacial score (nSPS) is 34.2. The molecule has 2 fully saturated rings. The lowest BCUT2D eigenvalue weighted by Crippen LogP contribution is -2.48. The van der Waals surface area contributed by atoms with Gasteiger partial charge in [-0.3, -0.25) is 0 Å². The lowest BCUT2D eigenvalue weighted by Gasteiger charge is -2.39. The van der Waals surface area contributed by atoms with Gasteiger partial charge >= 0.3 is 0 Å². The van der Waals surface area contributed by atoms with Crippen molar-refractivity contribution in [3.63, 3.8) is 0 Å². The van der Waals surface area contributed by atoms with E-state index in [9.17, 15) is 4.39 Å². The van der Waals surface area contributed by atoms with Gasteiger partial charge in [0, 0.05) is 19.2 Å². The molecular weight excluding hydrogens is 241 g/mol. The molecule has 0 aliphatic heterocycles. The highest BCUT2D eigenvalue weighted by Gasteiger charge is 2.35. The van der Waals surface area contributed by atoms with E-state index in [1.165, 1.54) is 37.7 Å². The van der Waals surface area contributed by atoms with Crippen molar-refractivity contribution < 1.29 is 9.13 Å². The van der Waals surface area contributed by atoms with Crippen LogP contribution in [0.3, 0.4) is 0 Å². The molecule has 2 atom stereocenters. The Morgan fingerprint density at radius 2 is 1.89 bits per heavy atom. The largest absolute Gasteiger partial charge is 0.380 e. The van der Waals surface area contributed by atoms with Crippen LogP contribution in [0.15, 0.2) is 24.3 Å². The maximum absolute atomic E-state index is 12.9. The molecule has 2 aliphatic carbocycles. The molecule has 2 nitrogen and oxygen atoms in total. The Morgan fingerprint density at radius 1 is 1.16 bits per heavy atom. The van der Waals surface area contributed by atoms with Gasteiger partial charge in [-0.15, -0.1) is 0 Å². The zero-order valence-electron chi connectivity index (χ0n) is 11.4. The molecule has 0 bridgehead atoms. The Balaban J connectivity index is 1.49. The van der Waals surface area contributed by atoms with Crippen LogP contribution < -0.4 is 5.32 Å². The molecule has 2 unspecified atom stereocenters. The second kappa shape index (κ2) is 5.59. The molecule has 1 aromatic rings. The van der Waals surface area contributed by atoms with Crippen LogP contribution >= 0.6 is 0 Å². The van der Waals surface area contributed by atoms with E-state index < -0.39 is 0 Å². The maximum Gasteiger partial charge on any atom is 0.123 e. The van der Waals surface area contributed by atoms with Crippen molar-refractivity contribution >= 4 is 0 Å². The van der Waals surface area contributed by atoms with Crippen LogP contribution in [-0.2, 0) is 4.74 Å². The van der Waals surface area contributed by atoms with E-state index in [1.807, 2.05) is 19.2 Å². The van der Waals surface area contributed by atoms with Gasteiger partial charge in [-0.2, -0.15) is 0 Å². The van der Waals surface area contributed by atoms with E-state index in [0.29, 0.717) is 24.1 Å². The van der Waals surface area contributed by atoms with Gasteiger partial charge in [0.2, 0.25) is 0 Å². The van der Waals surface area contributed by atoms with Gasteiger partial charge in [-0.1, -0.05) is 12.1 Å². The average Bonchev–Trinajstić information content (AvgIpc) is 2.82. The molecule has 1 N–H and O–H groups in total. The maximum atomic E-state index is 12.9. The molecule has 1 aromatic carbocycles. The first kappa shape index (κ1) is 13.1. The van der Waals surface area contributed by atoms with Gasteiger partial charge in [0.15, 0.2) is 0 Å². The quantitative estimate of drug-likeness (QED) is 0.900. The number of methoxy groups -OCH3 is 1. The summed E-state index contributed by atoms with van der Waals surface area (Å²) in [6, 6.07) is 8.11. The van der Waals surface area contributed by atoms with Crippen molar-refractivity contribution in [2.45, 2.75) is 56.2 Å². The molecular formula is C16H22FNO. The lowest BCUT2D eigenvalue weighted by atomic mass is 9.75. The van der Waals surface area contributed by atoms with Crippen molar-refractivity contribution in [2.75, 3.05) is 7.11 Å². The molecule has 2 saturated carbocycles. The molecule has 2 aliphatic rings. The van der Waals surface area contributed by atoms with Crippen LogP contribution in [0.1, 0.15) is 43.6 Å². The summed E-state index contributed by atoms with van der Waals surface area (Å²) in [5, 5.41) is 3.73. The van der Waals surface area contributed by atoms with Gasteiger partial charge in [0.1, 0.15) is 5.82 Å². The summed E-state index contributed by atoms with van der Waals surface area (Å²) >= 11 is 0. The lowest BCUT2D eigenvalue weighted by molar-refractivity contribution is 0.0747. The number of hydrogen-bond donors (Lipinski definition) is 1. The smallest absolute Gasteiger partial charge is 0.123 e. The highest BCUT2D eigenvalue weighted by atomic mass is 19.1. The summed E-state index contributed by atoms with van der Waals surface area (Å²) in [6.07, 6.45) is 6.41. The van der Waals surface area contributed by atoms with Gasteiger partial charge < -0.3 is 10.1 Å². The van der Waals surface area contributed by atoms with Crippen molar-refractivity contribution in [3.05, 3.63) is 35.6 Å². The highest BCUT2D eigenvalue weighted by molar-refractivity contribution is 5.23. The van der Waals surface area contributed by atoms with Crippen LogP contribution in [0.2, 0.25) is 0 Å². The third kappa shape index (κ3) is 2.82. The van der Waals surface area contributed by atoms with Gasteiger partial charge in [0.05, 0.1) is 6.10 Å². The zero-order valence-corrected chi connectivity index (χ0v) is 11.4. The highest BCUT2D eigenvalue weighted by Crippen LogP contribution is 2.38. The monoisotopic (exact) mass is 263 g/mol. The third-order valence-electron chi connectivity index (χ3n) is 4.68. The minimum absolute atomic E-state index is 0.147. The Labute approximate surface area is 114 Å². The first-order valence-corrected chi connectivity index (χ1v) is 7.30. The first-order chi connectivity index (χ1) is 9.26. The molecule has 3 heteroatoms. The van der Waals surface area contributed by atoms with Crippen LogP contribution in [-0.4, -0.2) is 25.3 Å². The minimum Gasteiger partial charge on any atom is -0.380 e. The average molecular weight is 263 g/mol. The molecule has 0 saturated heterocycles. The molecule has 0 heterocycles. The number of benzene rings is 1. The predicted molar refractivity (Wildman–Crippen MR) is 73.7 cm³/mol. The van der Waals surface area contributed by atoms with E-state index in [1.54, 1.807) is 12.1 Å². The summed E-state index contributed by atoms with van der Waals surface area (Å²) in [5.41, 5.74) is 1.27. The Bertz CT molecular complexity index is 413. The van der Waals surface area contributed by atoms with E-state index in [0.717, 1.165) is 0 Å². The van der Waals surface area contributed by atoms with E-state index in [-0.39, 0.29) is 5.82 Å². The van der Waals surface area contributed by atoms with Gasteiger partial charge in [-0.25, -0.2) is 4.39 Å². The predicted octanol–water partition coefficient (Wildman–Crippen LogP) is 3.23. The summed E-state index contributed by atoms with van der Waals surface area (Å²) in [7, 11) is 1.81. The van der Waals surface area contributed by atoms with Gasteiger partial charge in [-0.05, 0) is 55.7 Å². The van der Waals surface area contributed by atoms with Crippen LogP contribution in [0.25, 0.3) is 0 Å². The fourth-order valence-corrected chi connectivity index (χ4v) is 3.46. The van der Waals surface area contributed by atoms with E-state index in [4.69, 9.17) is 4.74 Å². The van der Waals surface area contributed by atoms with Crippen molar-refractivity contribution in [1.82, 2.24) is 5.32 Å². The van der Waals surface area contributed by atoms with Crippen LogP contribution in [0, 0.1) is 5.82 Å². The molecule has 3 rings (SSSR count). The Kier molecular flexibility index (Phi) is 3.85. The van der Waals surface area contributed by atoms with E-state index >= 15 is 0 Å². The van der Waals surface area contributed by atoms with Crippen molar-refractivity contribution in [2.24, 2.45) is 0 Å². The Hall–Kier alpha value is -0.930. The van der Waals surface area contributed by atoms with Crippen LogP contribution in [0.5, 0.6) is 0 Å². The Morgan fingerprint density at radius 3 is 2.58 bits per heavy atom. The summed E-state index contributed by atoms with van der Waals surface area (Å²) in [4.78, 5) is 0. The van der Waals surface area contributed by atoms with Crippen molar-refractivity contribution in [1.29, 1.82) is 0 Å². The SMILES string of the molecule is COC1CCCC1NC1CC(c2ccc(F)cc2)C1. The summed E-state index contributed by atoms with van der Waals surface area (Å²) < 4.78 is 18.4. The second-order valence-corrected chi connectivity index (χ2v) is 5.90. The van der Waals surface area contributed by atoms with Crippen molar-refractivity contribution in [3.8, 4) is 0 Å². The number of hydrogen-bond acceptors (Lipinski definition) is 2. The fraction of sp³-hybridized carbons (Fsp3) is 0.625. The molecule has 104 valence electrons. The minimum atomic E-state index is -0.147. The molecule has 0 radical (unpaired) electrons. The summed E-state index contributed by atoms with van der Waals surface area (Å²) in [6.45, 7) is 0. The number of halogens is 1. The second-order valence-electron chi connectivity index (χ2n) is 5.90. The topological polar surface area (TPSA) is 21.3 Å². The molecule has 0 spiro atoms. The van der Waals surface area contributed by atoms with E-state index in [2.05, 4.69) is 5.32 Å². The molecule has 0 aromatic heterocycles. The number of nitrogens with one attached hydrogen (secondary N) is 1. The first-order valence-electron chi connectivity index (χ1n) is 7.30. The molecule has 19 heavy (non-hydrogen) atoms. The fourth-order valence-electron chi connectivity index (χ4n) is 3.46.